The van der Waals surface area contributed by atoms with E-state index in [1.54, 1.807) is 4.68 Å². The molecule has 0 unspecified atom stereocenters. The van der Waals surface area contributed by atoms with Crippen LogP contribution < -0.4 is 0 Å². The largest absolute Gasteiger partial charge is 0.372 e. The molecule has 112 valence electrons. The van der Waals surface area contributed by atoms with Crippen molar-refractivity contribution in [2.75, 3.05) is 18.8 Å². The van der Waals surface area contributed by atoms with Gasteiger partial charge in [0.15, 0.2) is 0 Å². The standard InChI is InChI=1S/C12H21N5O2S/c1-8(2)17-12(13-14-15-17)20-7-11(18)16-5-9(3)19-10(4)6-16/h8-10H,5-7H2,1-4H3/t9-,10-/m1/s1. The van der Waals surface area contributed by atoms with Crippen molar-refractivity contribution in [1.82, 2.24) is 25.1 Å². The van der Waals surface area contributed by atoms with Crippen LogP contribution in [-0.4, -0.2) is 62.1 Å². The predicted octanol–water partition coefficient (Wildman–Crippen LogP) is 0.982. The molecule has 0 saturated carbocycles. The van der Waals surface area contributed by atoms with Gasteiger partial charge in [-0.25, -0.2) is 4.68 Å². The van der Waals surface area contributed by atoms with Crippen molar-refractivity contribution >= 4 is 17.7 Å². The van der Waals surface area contributed by atoms with Crippen molar-refractivity contribution in [3.05, 3.63) is 0 Å². The molecule has 0 aliphatic carbocycles. The Balaban J connectivity index is 1.90. The van der Waals surface area contributed by atoms with Crippen LogP contribution in [0.15, 0.2) is 5.16 Å². The number of rotatable bonds is 4. The number of nitrogens with zero attached hydrogens (tertiary/aromatic N) is 5. The number of hydrogen-bond donors (Lipinski definition) is 0. The Morgan fingerprint density at radius 2 is 2.05 bits per heavy atom. The van der Waals surface area contributed by atoms with Gasteiger partial charge in [-0.2, -0.15) is 0 Å². The average Bonchev–Trinajstić information content (AvgIpc) is 2.83. The van der Waals surface area contributed by atoms with E-state index < -0.39 is 0 Å². The maximum atomic E-state index is 12.2. The van der Waals surface area contributed by atoms with Crippen LogP contribution in [0.1, 0.15) is 33.7 Å². The third-order valence-corrected chi connectivity index (χ3v) is 3.97. The van der Waals surface area contributed by atoms with E-state index in [-0.39, 0.29) is 24.2 Å². The van der Waals surface area contributed by atoms with Gasteiger partial charge in [-0.3, -0.25) is 4.79 Å². The Morgan fingerprint density at radius 1 is 1.40 bits per heavy atom. The van der Waals surface area contributed by atoms with Crippen LogP contribution in [0.25, 0.3) is 0 Å². The lowest BCUT2D eigenvalue weighted by Gasteiger charge is -2.35. The summed E-state index contributed by atoms with van der Waals surface area (Å²) >= 11 is 1.38. The number of carbonyl (C=O) groups excluding carboxylic acids is 1. The van der Waals surface area contributed by atoms with Gasteiger partial charge in [0.2, 0.25) is 11.1 Å². The summed E-state index contributed by atoms with van der Waals surface area (Å²) < 4.78 is 7.36. The van der Waals surface area contributed by atoms with Crippen molar-refractivity contribution in [1.29, 1.82) is 0 Å². The van der Waals surface area contributed by atoms with Crippen molar-refractivity contribution in [2.24, 2.45) is 0 Å². The number of ether oxygens (including phenoxy) is 1. The highest BCUT2D eigenvalue weighted by molar-refractivity contribution is 7.99. The van der Waals surface area contributed by atoms with Gasteiger partial charge in [-0.1, -0.05) is 11.8 Å². The molecule has 1 aliphatic heterocycles. The fourth-order valence-electron chi connectivity index (χ4n) is 2.20. The van der Waals surface area contributed by atoms with Gasteiger partial charge in [-0.05, 0) is 38.1 Å². The van der Waals surface area contributed by atoms with Crippen molar-refractivity contribution < 1.29 is 9.53 Å². The molecule has 0 aromatic carbocycles. The van der Waals surface area contributed by atoms with E-state index in [9.17, 15) is 4.79 Å². The lowest BCUT2D eigenvalue weighted by atomic mass is 10.2. The van der Waals surface area contributed by atoms with Crippen LogP contribution in [0, 0.1) is 0 Å². The van der Waals surface area contributed by atoms with Crippen molar-refractivity contribution in [2.45, 2.75) is 51.1 Å². The van der Waals surface area contributed by atoms with Gasteiger partial charge < -0.3 is 9.64 Å². The molecule has 1 aromatic heterocycles. The molecule has 0 spiro atoms. The van der Waals surface area contributed by atoms with Gasteiger partial charge in [0, 0.05) is 13.1 Å². The lowest BCUT2D eigenvalue weighted by molar-refractivity contribution is -0.140. The summed E-state index contributed by atoms with van der Waals surface area (Å²) in [6.07, 6.45) is 0.183. The summed E-state index contributed by atoms with van der Waals surface area (Å²) in [7, 11) is 0. The average molecular weight is 299 g/mol. The molecule has 8 heteroatoms. The zero-order valence-electron chi connectivity index (χ0n) is 12.3. The van der Waals surface area contributed by atoms with E-state index in [0.717, 1.165) is 0 Å². The number of tetrazole rings is 1. The predicted molar refractivity (Wildman–Crippen MR) is 75.5 cm³/mol. The Hall–Kier alpha value is -1.15. The molecule has 2 heterocycles. The Morgan fingerprint density at radius 3 is 2.65 bits per heavy atom. The van der Waals surface area contributed by atoms with Crippen molar-refractivity contribution in [3.8, 4) is 0 Å². The van der Waals surface area contributed by atoms with E-state index in [0.29, 0.717) is 24.0 Å². The third-order valence-electron chi connectivity index (χ3n) is 3.05. The minimum atomic E-state index is 0.0914. The van der Waals surface area contributed by atoms with Gasteiger partial charge in [0.25, 0.3) is 0 Å². The SMILES string of the molecule is CC(C)n1nnnc1SCC(=O)N1C[C@@H](C)O[C@H](C)C1. The first-order valence-corrected chi connectivity index (χ1v) is 7.79. The first-order valence-electron chi connectivity index (χ1n) is 6.81. The molecule has 0 N–H and O–H groups in total. The van der Waals surface area contributed by atoms with E-state index in [4.69, 9.17) is 4.74 Å². The summed E-state index contributed by atoms with van der Waals surface area (Å²) in [6, 6.07) is 0.186. The second kappa shape index (κ2) is 6.53. The molecule has 1 saturated heterocycles. The smallest absolute Gasteiger partial charge is 0.233 e. The molecule has 2 atom stereocenters. The molecule has 0 radical (unpaired) electrons. The Labute approximate surface area is 123 Å². The van der Waals surface area contributed by atoms with E-state index in [2.05, 4.69) is 15.5 Å². The van der Waals surface area contributed by atoms with Crippen LogP contribution in [0.5, 0.6) is 0 Å². The Kier molecular flexibility index (Phi) is 4.98. The quantitative estimate of drug-likeness (QED) is 0.772. The molecule has 1 fully saturated rings. The molecular weight excluding hydrogens is 278 g/mol. The molecule has 20 heavy (non-hydrogen) atoms. The normalized spacial score (nSPS) is 23.4. The molecule has 1 aliphatic rings. The van der Waals surface area contributed by atoms with E-state index in [1.165, 1.54) is 11.8 Å². The van der Waals surface area contributed by atoms with Crippen LogP contribution in [-0.2, 0) is 9.53 Å². The number of thioether (sulfide) groups is 1. The number of morpholine rings is 1. The van der Waals surface area contributed by atoms with Crippen molar-refractivity contribution in [3.63, 3.8) is 0 Å². The maximum Gasteiger partial charge on any atom is 0.233 e. The highest BCUT2D eigenvalue weighted by Crippen LogP contribution is 2.19. The maximum absolute atomic E-state index is 12.2. The molecule has 0 bridgehead atoms. The summed E-state index contributed by atoms with van der Waals surface area (Å²) in [6.45, 7) is 9.30. The fourth-order valence-corrected chi connectivity index (χ4v) is 3.11. The van der Waals surface area contributed by atoms with Gasteiger partial charge in [0.05, 0.1) is 24.0 Å². The highest BCUT2D eigenvalue weighted by atomic mass is 32.2. The van der Waals surface area contributed by atoms with Crippen LogP contribution in [0.3, 0.4) is 0 Å². The summed E-state index contributed by atoms with van der Waals surface area (Å²) in [5.41, 5.74) is 0. The highest BCUT2D eigenvalue weighted by Gasteiger charge is 2.26. The summed E-state index contributed by atoms with van der Waals surface area (Å²) in [4.78, 5) is 14.1. The number of aromatic nitrogens is 4. The van der Waals surface area contributed by atoms with Crippen LogP contribution in [0.4, 0.5) is 0 Å². The van der Waals surface area contributed by atoms with E-state index in [1.807, 2.05) is 32.6 Å². The monoisotopic (exact) mass is 299 g/mol. The Bertz CT molecular complexity index is 454. The topological polar surface area (TPSA) is 73.1 Å². The fraction of sp³-hybridized carbons (Fsp3) is 0.833. The zero-order chi connectivity index (χ0) is 14.7. The minimum absolute atomic E-state index is 0.0914. The first-order chi connectivity index (χ1) is 9.47. The zero-order valence-corrected chi connectivity index (χ0v) is 13.1. The van der Waals surface area contributed by atoms with Gasteiger partial charge in [0.1, 0.15) is 0 Å². The third kappa shape index (κ3) is 3.69. The van der Waals surface area contributed by atoms with Crippen LogP contribution in [0.2, 0.25) is 0 Å². The lowest BCUT2D eigenvalue weighted by Crippen LogP contribution is -2.48. The molecule has 7 nitrogen and oxygen atoms in total. The summed E-state index contributed by atoms with van der Waals surface area (Å²) in [5.74, 6) is 0.460. The second-order valence-electron chi connectivity index (χ2n) is 5.34. The molecular formula is C12H21N5O2S. The minimum Gasteiger partial charge on any atom is -0.372 e. The van der Waals surface area contributed by atoms with Crippen LogP contribution >= 0.6 is 11.8 Å². The van der Waals surface area contributed by atoms with Gasteiger partial charge >= 0.3 is 0 Å². The molecule has 1 aromatic rings. The molecule has 1 amide bonds. The van der Waals surface area contributed by atoms with Gasteiger partial charge in [-0.15, -0.1) is 5.10 Å². The first kappa shape index (κ1) is 15.2. The number of amides is 1. The second-order valence-corrected chi connectivity index (χ2v) is 6.29. The number of carbonyl (C=O) groups is 1. The number of hydrogen-bond acceptors (Lipinski definition) is 6. The summed E-state index contributed by atoms with van der Waals surface area (Å²) in [5, 5.41) is 12.2. The van der Waals surface area contributed by atoms with E-state index >= 15 is 0 Å². The molecule has 2 rings (SSSR count).